The van der Waals surface area contributed by atoms with Crippen LogP contribution in [0.1, 0.15) is 30.0 Å². The van der Waals surface area contributed by atoms with Gasteiger partial charge in [0.05, 0.1) is 0 Å². The fraction of sp³-hybridized carbons (Fsp3) is 0.500. The second kappa shape index (κ2) is 4.80. The molecule has 0 spiro atoms. The summed E-state index contributed by atoms with van der Waals surface area (Å²) in [7, 11) is 0. The number of alkyl halides is 1. The van der Waals surface area contributed by atoms with Gasteiger partial charge in [0.15, 0.2) is 0 Å². The van der Waals surface area contributed by atoms with Crippen molar-refractivity contribution in [1.29, 1.82) is 0 Å². The molecule has 0 fully saturated rings. The lowest BCUT2D eigenvalue weighted by Crippen LogP contribution is -1.96. The second-order valence-electron chi connectivity index (χ2n) is 3.75. The van der Waals surface area contributed by atoms with E-state index in [-0.39, 0.29) is 0 Å². The molecule has 0 saturated carbocycles. The number of hydrogen-bond acceptors (Lipinski definition) is 0. The van der Waals surface area contributed by atoms with Crippen molar-refractivity contribution in [3.8, 4) is 0 Å². The Labute approximate surface area is 89.5 Å². The fourth-order valence-electron chi connectivity index (χ4n) is 1.42. The molecule has 0 saturated heterocycles. The Bertz CT molecular complexity index is 276. The van der Waals surface area contributed by atoms with E-state index in [1.165, 1.54) is 29.5 Å². The van der Waals surface area contributed by atoms with Crippen molar-refractivity contribution < 1.29 is 0 Å². The Morgan fingerprint density at radius 2 is 2.00 bits per heavy atom. The molecule has 0 amide bonds. The minimum atomic E-state index is 0.618. The zero-order valence-electron chi connectivity index (χ0n) is 8.60. The maximum absolute atomic E-state index is 3.57. The van der Waals surface area contributed by atoms with Crippen molar-refractivity contribution >= 4 is 15.9 Å². The predicted octanol–water partition coefficient (Wildman–Crippen LogP) is 4.02. The minimum absolute atomic E-state index is 0.618. The molecule has 1 aromatic rings. The van der Waals surface area contributed by atoms with Crippen LogP contribution in [0.4, 0.5) is 0 Å². The van der Waals surface area contributed by atoms with E-state index in [9.17, 15) is 0 Å². The van der Waals surface area contributed by atoms with Crippen LogP contribution in [0.2, 0.25) is 0 Å². The van der Waals surface area contributed by atoms with Crippen LogP contribution < -0.4 is 0 Å². The van der Waals surface area contributed by atoms with Crippen LogP contribution >= 0.6 is 15.9 Å². The van der Waals surface area contributed by atoms with Crippen molar-refractivity contribution in [3.05, 3.63) is 34.9 Å². The van der Waals surface area contributed by atoms with Gasteiger partial charge in [-0.15, -0.1) is 0 Å². The molecule has 72 valence electrons. The third-order valence-electron chi connectivity index (χ3n) is 2.32. The van der Waals surface area contributed by atoms with Gasteiger partial charge >= 0.3 is 0 Å². The molecule has 0 radical (unpaired) electrons. The van der Waals surface area contributed by atoms with E-state index in [4.69, 9.17) is 0 Å². The lowest BCUT2D eigenvalue weighted by molar-refractivity contribution is 0.817. The molecule has 0 bridgehead atoms. The molecule has 0 aliphatic heterocycles. The minimum Gasteiger partial charge on any atom is -0.0894 e. The van der Waals surface area contributed by atoms with Gasteiger partial charge in [-0.3, -0.25) is 0 Å². The van der Waals surface area contributed by atoms with E-state index in [1.54, 1.807) is 0 Å². The Morgan fingerprint density at radius 3 is 2.62 bits per heavy atom. The van der Waals surface area contributed by atoms with Crippen LogP contribution in [0, 0.1) is 13.8 Å². The number of halogens is 1. The smallest absolute Gasteiger partial charge is 0.0120 e. The maximum Gasteiger partial charge on any atom is 0.0120 e. The van der Waals surface area contributed by atoms with E-state index < -0.39 is 0 Å². The first kappa shape index (κ1) is 10.8. The van der Waals surface area contributed by atoms with Crippen LogP contribution in [-0.2, 0) is 6.42 Å². The summed E-state index contributed by atoms with van der Waals surface area (Å²) >= 11 is 3.57. The average molecular weight is 241 g/mol. The maximum atomic E-state index is 3.57. The molecule has 1 atom stereocenters. The van der Waals surface area contributed by atoms with Crippen molar-refractivity contribution in [3.63, 3.8) is 0 Å². The van der Waals surface area contributed by atoms with Gasteiger partial charge in [-0.05, 0) is 37.8 Å². The topological polar surface area (TPSA) is 0 Å². The molecular formula is C12H17Br. The van der Waals surface area contributed by atoms with Crippen molar-refractivity contribution in [2.45, 2.75) is 38.4 Å². The average Bonchev–Trinajstić information content (AvgIpc) is 2.06. The first-order valence-corrected chi connectivity index (χ1v) is 5.71. The van der Waals surface area contributed by atoms with E-state index in [1.807, 2.05) is 0 Å². The van der Waals surface area contributed by atoms with Gasteiger partial charge in [-0.2, -0.15) is 0 Å². The monoisotopic (exact) mass is 240 g/mol. The zero-order chi connectivity index (χ0) is 9.84. The summed E-state index contributed by atoms with van der Waals surface area (Å²) in [5.74, 6) is 0. The van der Waals surface area contributed by atoms with E-state index in [2.05, 4.69) is 54.9 Å². The summed E-state index contributed by atoms with van der Waals surface area (Å²) in [6, 6.07) is 6.69. The van der Waals surface area contributed by atoms with Gasteiger partial charge in [0, 0.05) is 4.83 Å². The van der Waals surface area contributed by atoms with Gasteiger partial charge in [0.2, 0.25) is 0 Å². The number of benzene rings is 1. The highest BCUT2D eigenvalue weighted by Crippen LogP contribution is 2.15. The number of aryl methyl sites for hydroxylation is 3. The Morgan fingerprint density at radius 1 is 1.31 bits per heavy atom. The summed E-state index contributed by atoms with van der Waals surface area (Å²) in [5.41, 5.74) is 4.27. The molecule has 0 heterocycles. The molecule has 0 N–H and O–H groups in total. The van der Waals surface area contributed by atoms with Crippen molar-refractivity contribution in [2.24, 2.45) is 0 Å². The molecule has 1 rings (SSSR count). The van der Waals surface area contributed by atoms with Crippen LogP contribution in [-0.4, -0.2) is 4.83 Å². The summed E-state index contributed by atoms with van der Waals surface area (Å²) in [6.45, 7) is 6.54. The molecule has 0 aliphatic rings. The molecule has 1 aromatic carbocycles. The van der Waals surface area contributed by atoms with Crippen LogP contribution in [0.15, 0.2) is 18.2 Å². The molecule has 0 nitrogen and oxygen atoms in total. The lowest BCUT2D eigenvalue weighted by atomic mass is 10.0. The standard InChI is InChI=1S/C12H17Br/c1-9-4-5-10(2)12(8-9)7-6-11(3)13/h4-5,8,11H,6-7H2,1-3H3. The van der Waals surface area contributed by atoms with E-state index in [0.29, 0.717) is 4.83 Å². The molecular weight excluding hydrogens is 224 g/mol. The second-order valence-corrected chi connectivity index (χ2v) is 5.31. The fourth-order valence-corrected chi connectivity index (χ4v) is 1.65. The Balaban J connectivity index is 2.70. The summed E-state index contributed by atoms with van der Waals surface area (Å²) in [4.78, 5) is 0.618. The van der Waals surface area contributed by atoms with Crippen molar-refractivity contribution in [1.82, 2.24) is 0 Å². The first-order valence-electron chi connectivity index (χ1n) is 4.80. The Kier molecular flexibility index (Phi) is 3.98. The normalized spacial score (nSPS) is 12.9. The van der Waals surface area contributed by atoms with Gasteiger partial charge in [-0.1, -0.05) is 46.6 Å². The van der Waals surface area contributed by atoms with Crippen LogP contribution in [0.5, 0.6) is 0 Å². The summed E-state index contributed by atoms with van der Waals surface area (Å²) in [5, 5.41) is 0. The highest BCUT2D eigenvalue weighted by Gasteiger charge is 2.01. The lowest BCUT2D eigenvalue weighted by Gasteiger charge is -2.07. The van der Waals surface area contributed by atoms with Gasteiger partial charge in [0.1, 0.15) is 0 Å². The van der Waals surface area contributed by atoms with E-state index >= 15 is 0 Å². The highest BCUT2D eigenvalue weighted by atomic mass is 79.9. The van der Waals surface area contributed by atoms with Crippen LogP contribution in [0.3, 0.4) is 0 Å². The molecule has 0 aromatic heterocycles. The van der Waals surface area contributed by atoms with Crippen LogP contribution in [0.25, 0.3) is 0 Å². The van der Waals surface area contributed by atoms with E-state index in [0.717, 1.165) is 0 Å². The Hall–Kier alpha value is -0.300. The molecule has 1 unspecified atom stereocenters. The van der Waals surface area contributed by atoms with Gasteiger partial charge in [0.25, 0.3) is 0 Å². The quantitative estimate of drug-likeness (QED) is 0.701. The number of rotatable bonds is 3. The summed E-state index contributed by atoms with van der Waals surface area (Å²) in [6.07, 6.45) is 2.39. The zero-order valence-corrected chi connectivity index (χ0v) is 10.2. The molecule has 13 heavy (non-hydrogen) atoms. The number of hydrogen-bond donors (Lipinski definition) is 0. The summed E-state index contributed by atoms with van der Waals surface area (Å²) < 4.78 is 0. The van der Waals surface area contributed by atoms with Gasteiger partial charge < -0.3 is 0 Å². The third kappa shape index (κ3) is 3.51. The highest BCUT2D eigenvalue weighted by molar-refractivity contribution is 9.09. The molecule has 1 heteroatoms. The molecule has 0 aliphatic carbocycles. The largest absolute Gasteiger partial charge is 0.0894 e. The van der Waals surface area contributed by atoms with Gasteiger partial charge in [-0.25, -0.2) is 0 Å². The van der Waals surface area contributed by atoms with Crippen molar-refractivity contribution in [2.75, 3.05) is 0 Å². The third-order valence-corrected chi connectivity index (χ3v) is 2.77. The SMILES string of the molecule is Cc1ccc(C)c(CCC(C)Br)c1. The predicted molar refractivity (Wildman–Crippen MR) is 62.6 cm³/mol. The first-order chi connectivity index (χ1) is 6.09.